The fourth-order valence-corrected chi connectivity index (χ4v) is 4.27. The Bertz CT molecular complexity index is 446. The molecule has 4 atom stereocenters. The van der Waals surface area contributed by atoms with Gasteiger partial charge in [0, 0.05) is 0 Å². The van der Waals surface area contributed by atoms with Crippen molar-refractivity contribution in [2.75, 3.05) is 0 Å². The summed E-state index contributed by atoms with van der Waals surface area (Å²) < 4.78 is 5.89. The van der Waals surface area contributed by atoms with Crippen molar-refractivity contribution in [3.63, 3.8) is 0 Å². The van der Waals surface area contributed by atoms with Crippen LogP contribution in [0.1, 0.15) is 111 Å². The molecule has 4 unspecified atom stereocenters. The third-order valence-corrected chi connectivity index (χ3v) is 6.45. The quantitative estimate of drug-likeness (QED) is 0.265. The molecule has 0 heterocycles. The van der Waals surface area contributed by atoms with Gasteiger partial charge in [0.05, 0.1) is 11.8 Å². The van der Waals surface area contributed by atoms with Gasteiger partial charge in [-0.15, -0.1) is 0 Å². The number of carbonyl (C=O) groups is 2. The molecule has 0 aromatic rings. The molecule has 0 amide bonds. The van der Waals surface area contributed by atoms with Crippen LogP contribution in [-0.4, -0.2) is 23.1 Å². The van der Waals surface area contributed by atoms with E-state index in [1.807, 2.05) is 0 Å². The normalized spacial score (nSPS) is 22.0. The Morgan fingerprint density at radius 2 is 1.43 bits per heavy atom. The van der Waals surface area contributed by atoms with Crippen LogP contribution in [0.2, 0.25) is 0 Å². The highest BCUT2D eigenvalue weighted by Gasteiger charge is 2.38. The van der Waals surface area contributed by atoms with Crippen LogP contribution in [0.5, 0.6) is 0 Å². The van der Waals surface area contributed by atoms with Gasteiger partial charge in [0.25, 0.3) is 0 Å². The monoisotopic (exact) mass is 396 g/mol. The smallest absolute Gasteiger partial charge is 0.310 e. The minimum atomic E-state index is -0.848. The summed E-state index contributed by atoms with van der Waals surface area (Å²) in [5.74, 6) is -1.02. The Kier molecular flexibility index (Phi) is 12.5. The maximum atomic E-state index is 12.7. The summed E-state index contributed by atoms with van der Waals surface area (Å²) in [5.41, 5.74) is 0. The van der Waals surface area contributed by atoms with Gasteiger partial charge in [0.2, 0.25) is 0 Å². The van der Waals surface area contributed by atoms with Gasteiger partial charge >= 0.3 is 11.9 Å². The molecular formula is C24H44O4. The van der Waals surface area contributed by atoms with Crippen LogP contribution >= 0.6 is 0 Å². The Morgan fingerprint density at radius 1 is 0.893 bits per heavy atom. The SMILES string of the molecule is CCC(C)C(CCCCCCCCC(C)C)OC(=O)C1CCCCC1C(=O)O. The van der Waals surface area contributed by atoms with Crippen molar-refractivity contribution in [2.45, 2.75) is 117 Å². The molecule has 0 saturated heterocycles. The van der Waals surface area contributed by atoms with Crippen molar-refractivity contribution in [1.82, 2.24) is 0 Å². The van der Waals surface area contributed by atoms with Crippen LogP contribution < -0.4 is 0 Å². The highest BCUT2D eigenvalue weighted by molar-refractivity contribution is 5.81. The Hall–Kier alpha value is -1.06. The van der Waals surface area contributed by atoms with Gasteiger partial charge in [-0.3, -0.25) is 9.59 Å². The van der Waals surface area contributed by atoms with Crippen molar-refractivity contribution in [1.29, 1.82) is 0 Å². The van der Waals surface area contributed by atoms with Crippen LogP contribution in [0.25, 0.3) is 0 Å². The predicted molar refractivity (Wildman–Crippen MR) is 114 cm³/mol. The molecule has 4 nitrogen and oxygen atoms in total. The second-order valence-corrected chi connectivity index (χ2v) is 9.29. The third-order valence-electron chi connectivity index (χ3n) is 6.45. The van der Waals surface area contributed by atoms with Gasteiger partial charge in [0.1, 0.15) is 6.10 Å². The fourth-order valence-electron chi connectivity index (χ4n) is 4.27. The number of rotatable bonds is 14. The molecule has 28 heavy (non-hydrogen) atoms. The molecule has 1 saturated carbocycles. The molecule has 4 heteroatoms. The topological polar surface area (TPSA) is 63.6 Å². The summed E-state index contributed by atoms with van der Waals surface area (Å²) in [7, 11) is 0. The summed E-state index contributed by atoms with van der Waals surface area (Å²) in [6.45, 7) is 8.82. The first-order valence-corrected chi connectivity index (χ1v) is 11.8. The van der Waals surface area contributed by atoms with Crippen molar-refractivity contribution in [3.05, 3.63) is 0 Å². The number of carboxylic acid groups (broad SMARTS) is 1. The molecule has 0 aliphatic heterocycles. The lowest BCUT2D eigenvalue weighted by Crippen LogP contribution is -2.37. The predicted octanol–water partition coefficient (Wildman–Crippen LogP) is 6.61. The lowest BCUT2D eigenvalue weighted by atomic mass is 9.79. The van der Waals surface area contributed by atoms with Gasteiger partial charge in [-0.2, -0.15) is 0 Å². The number of aliphatic carboxylic acids is 1. The van der Waals surface area contributed by atoms with Gasteiger partial charge < -0.3 is 9.84 Å². The standard InChI is InChI=1S/C24H44O4/c1-5-19(4)22(17-11-9-7-6-8-10-14-18(2)3)28-24(27)21-16-13-12-15-20(21)23(25)26/h18-22H,5-17H2,1-4H3,(H,25,26). The van der Waals surface area contributed by atoms with Crippen LogP contribution in [0, 0.1) is 23.7 Å². The summed E-state index contributed by atoms with van der Waals surface area (Å²) in [6, 6.07) is 0. The Morgan fingerprint density at radius 3 is 1.96 bits per heavy atom. The average molecular weight is 397 g/mol. The van der Waals surface area contributed by atoms with E-state index < -0.39 is 17.8 Å². The maximum absolute atomic E-state index is 12.7. The number of carbonyl (C=O) groups excluding carboxylic acids is 1. The van der Waals surface area contributed by atoms with E-state index in [-0.39, 0.29) is 12.1 Å². The Labute approximate surface area is 172 Å². The van der Waals surface area contributed by atoms with E-state index >= 15 is 0 Å². The summed E-state index contributed by atoms with van der Waals surface area (Å²) >= 11 is 0. The van der Waals surface area contributed by atoms with Crippen molar-refractivity contribution >= 4 is 11.9 Å². The summed E-state index contributed by atoms with van der Waals surface area (Å²) in [6.07, 6.45) is 13.7. The van der Waals surface area contributed by atoms with E-state index in [0.717, 1.165) is 38.0 Å². The van der Waals surface area contributed by atoms with Crippen LogP contribution in [0.3, 0.4) is 0 Å². The zero-order valence-corrected chi connectivity index (χ0v) is 18.8. The summed E-state index contributed by atoms with van der Waals surface area (Å²) in [5, 5.41) is 9.43. The summed E-state index contributed by atoms with van der Waals surface area (Å²) in [4.78, 5) is 24.2. The molecule has 164 valence electrons. The lowest BCUT2D eigenvalue weighted by molar-refractivity contribution is -0.166. The number of ether oxygens (including phenoxy) is 1. The fraction of sp³-hybridized carbons (Fsp3) is 0.917. The molecule has 0 radical (unpaired) electrons. The van der Waals surface area contributed by atoms with E-state index in [1.54, 1.807) is 0 Å². The largest absolute Gasteiger partial charge is 0.481 e. The molecule has 0 spiro atoms. The number of unbranched alkanes of at least 4 members (excludes halogenated alkanes) is 5. The lowest BCUT2D eigenvalue weighted by Gasteiger charge is -2.30. The second kappa shape index (κ2) is 14.0. The minimum Gasteiger partial charge on any atom is -0.481 e. The van der Waals surface area contributed by atoms with E-state index in [0.29, 0.717) is 18.8 Å². The minimum absolute atomic E-state index is 0.0742. The molecule has 1 rings (SSSR count). The highest BCUT2D eigenvalue weighted by Crippen LogP contribution is 2.32. The van der Waals surface area contributed by atoms with Crippen LogP contribution in [0.4, 0.5) is 0 Å². The van der Waals surface area contributed by atoms with Gasteiger partial charge in [0.15, 0.2) is 0 Å². The first-order chi connectivity index (χ1) is 13.4. The molecule has 1 fully saturated rings. The molecule has 0 aromatic carbocycles. The molecule has 0 aromatic heterocycles. The Balaban J connectivity index is 2.39. The number of carboxylic acids is 1. The molecule has 1 aliphatic rings. The number of esters is 1. The molecular weight excluding hydrogens is 352 g/mol. The van der Waals surface area contributed by atoms with E-state index in [2.05, 4.69) is 27.7 Å². The zero-order chi connectivity index (χ0) is 20.9. The van der Waals surface area contributed by atoms with Crippen molar-refractivity contribution < 1.29 is 19.4 Å². The zero-order valence-electron chi connectivity index (χ0n) is 18.8. The second-order valence-electron chi connectivity index (χ2n) is 9.29. The first-order valence-electron chi connectivity index (χ1n) is 11.8. The van der Waals surface area contributed by atoms with Crippen molar-refractivity contribution in [2.24, 2.45) is 23.7 Å². The van der Waals surface area contributed by atoms with Gasteiger partial charge in [-0.1, -0.05) is 85.5 Å². The van der Waals surface area contributed by atoms with Crippen LogP contribution in [0.15, 0.2) is 0 Å². The third kappa shape index (κ3) is 9.43. The first kappa shape index (κ1) is 25.0. The maximum Gasteiger partial charge on any atom is 0.310 e. The molecule has 1 N–H and O–H groups in total. The molecule has 0 bridgehead atoms. The van der Waals surface area contributed by atoms with Crippen LogP contribution in [-0.2, 0) is 14.3 Å². The number of hydrogen-bond acceptors (Lipinski definition) is 3. The highest BCUT2D eigenvalue weighted by atomic mass is 16.5. The molecule has 1 aliphatic carbocycles. The van der Waals surface area contributed by atoms with E-state index in [1.165, 1.54) is 38.5 Å². The van der Waals surface area contributed by atoms with Crippen molar-refractivity contribution in [3.8, 4) is 0 Å². The number of hydrogen-bond donors (Lipinski definition) is 1. The van der Waals surface area contributed by atoms with E-state index in [4.69, 9.17) is 4.74 Å². The van der Waals surface area contributed by atoms with Gasteiger partial charge in [-0.25, -0.2) is 0 Å². The average Bonchev–Trinajstić information content (AvgIpc) is 2.67. The van der Waals surface area contributed by atoms with E-state index in [9.17, 15) is 14.7 Å². The van der Waals surface area contributed by atoms with Gasteiger partial charge in [-0.05, 0) is 37.5 Å².